The molecule has 2 N–H and O–H groups in total. The molecule has 0 aliphatic heterocycles. The van der Waals surface area contributed by atoms with Gasteiger partial charge in [0, 0.05) is 0 Å². The molecule has 1 atom stereocenters. The zero-order chi connectivity index (χ0) is 9.19. The number of hydrogen-bond acceptors (Lipinski definition) is 2. The fraction of sp³-hybridized carbons (Fsp3) is 0.889. The van der Waals surface area contributed by atoms with Crippen molar-refractivity contribution in [3.63, 3.8) is 0 Å². The summed E-state index contributed by atoms with van der Waals surface area (Å²) in [5, 5.41) is 12.1. The quantitative estimate of drug-likeness (QED) is 0.654. The van der Waals surface area contributed by atoms with E-state index in [4.69, 9.17) is 5.11 Å². The lowest BCUT2D eigenvalue weighted by Gasteiger charge is -2.25. The molecule has 1 unspecified atom stereocenters. The third-order valence-corrected chi connectivity index (χ3v) is 2.58. The molecular formula is C9H17NO2. The van der Waals surface area contributed by atoms with Crippen LogP contribution in [0.15, 0.2) is 0 Å². The Morgan fingerprint density at radius 1 is 1.67 bits per heavy atom. The highest BCUT2D eigenvalue weighted by Gasteiger charge is 2.46. The summed E-state index contributed by atoms with van der Waals surface area (Å²) in [4.78, 5) is 10.9. The Hall–Kier alpha value is -0.570. The van der Waals surface area contributed by atoms with E-state index in [1.807, 2.05) is 6.92 Å². The molecule has 3 nitrogen and oxygen atoms in total. The van der Waals surface area contributed by atoms with Crippen LogP contribution in [0.4, 0.5) is 0 Å². The van der Waals surface area contributed by atoms with Crippen LogP contribution in [0.1, 0.15) is 33.1 Å². The van der Waals surface area contributed by atoms with E-state index in [0.29, 0.717) is 5.92 Å². The van der Waals surface area contributed by atoms with Crippen molar-refractivity contribution in [2.24, 2.45) is 5.92 Å². The van der Waals surface area contributed by atoms with Crippen LogP contribution in [-0.4, -0.2) is 23.2 Å². The van der Waals surface area contributed by atoms with E-state index in [2.05, 4.69) is 5.32 Å². The van der Waals surface area contributed by atoms with Crippen molar-refractivity contribution in [2.75, 3.05) is 6.54 Å². The lowest BCUT2D eigenvalue weighted by atomic mass is 9.96. The molecule has 1 saturated carbocycles. The van der Waals surface area contributed by atoms with Crippen LogP contribution < -0.4 is 5.32 Å². The van der Waals surface area contributed by atoms with Gasteiger partial charge in [0.25, 0.3) is 0 Å². The van der Waals surface area contributed by atoms with E-state index >= 15 is 0 Å². The zero-order valence-corrected chi connectivity index (χ0v) is 7.76. The van der Waals surface area contributed by atoms with Crippen LogP contribution in [0.2, 0.25) is 0 Å². The monoisotopic (exact) mass is 171 g/mol. The second kappa shape index (κ2) is 3.44. The van der Waals surface area contributed by atoms with Crippen molar-refractivity contribution in [2.45, 2.75) is 38.6 Å². The molecule has 0 spiro atoms. The van der Waals surface area contributed by atoms with Crippen molar-refractivity contribution in [1.29, 1.82) is 0 Å². The van der Waals surface area contributed by atoms with Gasteiger partial charge in [-0.05, 0) is 38.6 Å². The molecule has 0 heterocycles. The van der Waals surface area contributed by atoms with Gasteiger partial charge in [0.1, 0.15) is 5.54 Å². The smallest absolute Gasteiger partial charge is 0.323 e. The maximum absolute atomic E-state index is 10.9. The third-order valence-electron chi connectivity index (χ3n) is 2.58. The van der Waals surface area contributed by atoms with E-state index < -0.39 is 11.5 Å². The first-order valence-electron chi connectivity index (χ1n) is 4.59. The van der Waals surface area contributed by atoms with Crippen LogP contribution >= 0.6 is 0 Å². The van der Waals surface area contributed by atoms with Crippen LogP contribution in [-0.2, 0) is 4.79 Å². The molecule has 70 valence electrons. The Morgan fingerprint density at radius 2 is 2.25 bits per heavy atom. The maximum Gasteiger partial charge on any atom is 0.323 e. The summed E-state index contributed by atoms with van der Waals surface area (Å²) in [7, 11) is 0. The number of carbonyl (C=O) groups is 1. The first-order chi connectivity index (χ1) is 5.61. The van der Waals surface area contributed by atoms with Gasteiger partial charge in [-0.1, -0.05) is 6.92 Å². The Bertz CT molecular complexity index is 177. The minimum Gasteiger partial charge on any atom is -0.480 e. The summed E-state index contributed by atoms with van der Waals surface area (Å²) < 4.78 is 0. The molecule has 12 heavy (non-hydrogen) atoms. The third kappa shape index (κ3) is 1.78. The molecule has 0 aromatic heterocycles. The van der Waals surface area contributed by atoms with Crippen molar-refractivity contribution in [3.05, 3.63) is 0 Å². The van der Waals surface area contributed by atoms with E-state index in [1.165, 1.54) is 0 Å². The number of rotatable bonds is 5. The van der Waals surface area contributed by atoms with E-state index in [-0.39, 0.29) is 0 Å². The van der Waals surface area contributed by atoms with Crippen LogP contribution in [0.3, 0.4) is 0 Å². The summed E-state index contributed by atoms with van der Waals surface area (Å²) in [6.45, 7) is 4.63. The number of carboxylic acid groups (broad SMARTS) is 1. The van der Waals surface area contributed by atoms with Crippen LogP contribution in [0.5, 0.6) is 0 Å². The summed E-state index contributed by atoms with van der Waals surface area (Å²) in [6, 6.07) is 0. The molecular weight excluding hydrogens is 154 g/mol. The summed E-state index contributed by atoms with van der Waals surface area (Å²) >= 11 is 0. The second-order valence-electron chi connectivity index (χ2n) is 3.71. The molecule has 0 radical (unpaired) electrons. The van der Waals surface area contributed by atoms with Gasteiger partial charge in [0.05, 0.1) is 0 Å². The molecule has 1 aliphatic rings. The number of nitrogens with one attached hydrogen (secondary N) is 1. The van der Waals surface area contributed by atoms with Crippen molar-refractivity contribution < 1.29 is 9.90 Å². The topological polar surface area (TPSA) is 49.3 Å². The first-order valence-corrected chi connectivity index (χ1v) is 4.59. The van der Waals surface area contributed by atoms with Crippen molar-refractivity contribution >= 4 is 5.97 Å². The maximum atomic E-state index is 10.9. The second-order valence-corrected chi connectivity index (χ2v) is 3.71. The van der Waals surface area contributed by atoms with Gasteiger partial charge in [-0.2, -0.15) is 0 Å². The van der Waals surface area contributed by atoms with Gasteiger partial charge in [0.15, 0.2) is 0 Å². The van der Waals surface area contributed by atoms with E-state index in [1.54, 1.807) is 6.92 Å². The molecule has 0 aromatic carbocycles. The molecule has 1 rings (SSSR count). The summed E-state index contributed by atoms with van der Waals surface area (Å²) in [5.74, 6) is -0.361. The van der Waals surface area contributed by atoms with Crippen LogP contribution in [0.25, 0.3) is 0 Å². The SMILES string of the molecule is CCCNC(C)(C(=O)O)C1CC1. The summed E-state index contributed by atoms with van der Waals surface area (Å²) in [5.41, 5.74) is -0.671. The average molecular weight is 171 g/mol. The molecule has 3 heteroatoms. The van der Waals surface area contributed by atoms with E-state index in [0.717, 1.165) is 25.8 Å². The number of hydrogen-bond donors (Lipinski definition) is 2. The molecule has 0 saturated heterocycles. The fourth-order valence-corrected chi connectivity index (χ4v) is 1.44. The molecule has 0 aromatic rings. The Labute approximate surface area is 73.2 Å². The Morgan fingerprint density at radius 3 is 2.58 bits per heavy atom. The highest BCUT2D eigenvalue weighted by molar-refractivity contribution is 5.79. The summed E-state index contributed by atoms with van der Waals surface area (Å²) in [6.07, 6.45) is 3.09. The average Bonchev–Trinajstić information content (AvgIpc) is 2.82. The standard InChI is InChI=1S/C9H17NO2/c1-3-6-10-9(2,8(11)12)7-4-5-7/h7,10H,3-6H2,1-2H3,(H,11,12). The highest BCUT2D eigenvalue weighted by Crippen LogP contribution is 2.39. The van der Waals surface area contributed by atoms with Crippen molar-refractivity contribution in [3.8, 4) is 0 Å². The first kappa shape index (κ1) is 9.52. The Kier molecular flexibility index (Phi) is 2.73. The molecule has 1 fully saturated rings. The van der Waals surface area contributed by atoms with Gasteiger partial charge in [-0.15, -0.1) is 0 Å². The van der Waals surface area contributed by atoms with Crippen molar-refractivity contribution in [1.82, 2.24) is 5.32 Å². The van der Waals surface area contributed by atoms with Gasteiger partial charge >= 0.3 is 5.97 Å². The van der Waals surface area contributed by atoms with Gasteiger partial charge in [-0.3, -0.25) is 4.79 Å². The minimum atomic E-state index is -0.710. The van der Waals surface area contributed by atoms with E-state index in [9.17, 15) is 4.79 Å². The zero-order valence-electron chi connectivity index (χ0n) is 7.76. The molecule has 1 aliphatic carbocycles. The van der Waals surface area contributed by atoms with Gasteiger partial charge < -0.3 is 10.4 Å². The predicted octanol–water partition coefficient (Wildman–Crippen LogP) is 1.24. The number of aliphatic carboxylic acids is 1. The highest BCUT2D eigenvalue weighted by atomic mass is 16.4. The fourth-order valence-electron chi connectivity index (χ4n) is 1.44. The van der Waals surface area contributed by atoms with Crippen LogP contribution in [0, 0.1) is 5.92 Å². The molecule has 0 bridgehead atoms. The van der Waals surface area contributed by atoms with Gasteiger partial charge in [-0.25, -0.2) is 0 Å². The minimum absolute atomic E-state index is 0.349. The Balaban J connectivity index is 2.52. The molecule has 0 amide bonds. The predicted molar refractivity (Wildman–Crippen MR) is 47.1 cm³/mol. The normalized spacial score (nSPS) is 21.8. The lowest BCUT2D eigenvalue weighted by molar-refractivity contribution is -0.145. The lowest BCUT2D eigenvalue weighted by Crippen LogP contribution is -2.51. The number of carboxylic acids is 1. The van der Waals surface area contributed by atoms with Gasteiger partial charge in [0.2, 0.25) is 0 Å². The largest absolute Gasteiger partial charge is 0.480 e.